The van der Waals surface area contributed by atoms with Crippen LogP contribution in [0.4, 0.5) is 4.39 Å². The van der Waals surface area contributed by atoms with Gasteiger partial charge < -0.3 is 21.3 Å². The Kier molecular flexibility index (Phi) is 5.49. The van der Waals surface area contributed by atoms with Crippen LogP contribution in [0.5, 0.6) is 5.75 Å². The molecular weight excluding hydrogens is 315 g/mol. The number of nitrogens with two attached hydrogens (primary N) is 1. The first-order chi connectivity index (χ1) is 11.4. The zero-order chi connectivity index (χ0) is 17.7. The summed E-state index contributed by atoms with van der Waals surface area (Å²) in [5, 5.41) is 21.5. The van der Waals surface area contributed by atoms with Gasteiger partial charge in [0.15, 0.2) is 0 Å². The Hall–Kier alpha value is -2.93. The highest BCUT2D eigenvalue weighted by molar-refractivity contribution is 5.79. The molecule has 7 heteroatoms. The Balaban J connectivity index is 2.38. The molecule has 6 nitrogen and oxygen atoms in total. The summed E-state index contributed by atoms with van der Waals surface area (Å²) in [5.41, 5.74) is 6.77. The fourth-order valence-corrected chi connectivity index (χ4v) is 2.35. The van der Waals surface area contributed by atoms with Crippen LogP contribution in [-0.4, -0.2) is 28.6 Å². The van der Waals surface area contributed by atoms with E-state index >= 15 is 0 Å². The normalized spacial score (nSPS) is 11.8. The number of aromatic hydroxyl groups is 1. The maximum absolute atomic E-state index is 13.1. The van der Waals surface area contributed by atoms with E-state index in [4.69, 9.17) is 10.8 Å². The van der Waals surface area contributed by atoms with Crippen molar-refractivity contribution in [1.82, 2.24) is 5.32 Å². The molecule has 0 aromatic heterocycles. The molecule has 2 rings (SSSR count). The number of carboxylic acid groups (broad SMARTS) is 1. The maximum atomic E-state index is 13.1. The predicted molar refractivity (Wildman–Crippen MR) is 85.7 cm³/mol. The van der Waals surface area contributed by atoms with Crippen LogP contribution in [0, 0.1) is 5.82 Å². The minimum absolute atomic E-state index is 0.229. The molecule has 0 heterocycles. The van der Waals surface area contributed by atoms with Crippen LogP contribution in [0.1, 0.15) is 18.0 Å². The van der Waals surface area contributed by atoms with Crippen LogP contribution in [0.2, 0.25) is 0 Å². The first-order valence-corrected chi connectivity index (χ1v) is 7.20. The number of carbonyl (C=O) groups is 2. The second kappa shape index (κ2) is 7.56. The molecule has 1 amide bonds. The zero-order valence-electron chi connectivity index (χ0n) is 12.7. The van der Waals surface area contributed by atoms with Crippen LogP contribution in [0.15, 0.2) is 42.5 Å². The molecule has 126 valence electrons. The third kappa shape index (κ3) is 4.30. The number of carboxylic acids is 1. The van der Waals surface area contributed by atoms with Gasteiger partial charge in [0, 0.05) is 11.6 Å². The van der Waals surface area contributed by atoms with Crippen molar-refractivity contribution in [2.75, 3.05) is 6.54 Å². The van der Waals surface area contributed by atoms with Crippen LogP contribution in [0.3, 0.4) is 0 Å². The molecule has 0 aliphatic carbocycles. The number of phenolic OH excluding ortho intramolecular Hbond substituents is 1. The molecule has 1 atom stereocenters. The average Bonchev–Trinajstić information content (AvgIpc) is 2.53. The van der Waals surface area contributed by atoms with Crippen molar-refractivity contribution in [3.63, 3.8) is 0 Å². The van der Waals surface area contributed by atoms with Gasteiger partial charge in [0.25, 0.3) is 0 Å². The van der Waals surface area contributed by atoms with Gasteiger partial charge in [-0.2, -0.15) is 0 Å². The van der Waals surface area contributed by atoms with Crippen LogP contribution < -0.4 is 11.1 Å². The lowest BCUT2D eigenvalue weighted by molar-refractivity contribution is -0.137. The molecule has 0 aliphatic rings. The summed E-state index contributed by atoms with van der Waals surface area (Å²) in [6.45, 7) is -0.255. The van der Waals surface area contributed by atoms with E-state index in [1.807, 2.05) is 0 Å². The SMILES string of the molecule is NCC(=O)NC(CC(=O)O)c1cccc(-c2ccc(F)cc2O)c1. The number of amides is 1. The van der Waals surface area contributed by atoms with Crippen molar-refractivity contribution in [3.8, 4) is 16.9 Å². The van der Waals surface area contributed by atoms with E-state index in [2.05, 4.69) is 5.32 Å². The molecule has 0 bridgehead atoms. The van der Waals surface area contributed by atoms with Gasteiger partial charge in [0.1, 0.15) is 11.6 Å². The number of aliphatic carboxylic acids is 1. The zero-order valence-corrected chi connectivity index (χ0v) is 12.7. The highest BCUT2D eigenvalue weighted by Crippen LogP contribution is 2.31. The topological polar surface area (TPSA) is 113 Å². The summed E-state index contributed by atoms with van der Waals surface area (Å²) in [5.74, 6) is -2.34. The Labute approximate surface area is 137 Å². The largest absolute Gasteiger partial charge is 0.507 e. The van der Waals surface area contributed by atoms with Gasteiger partial charge in [-0.3, -0.25) is 9.59 Å². The standard InChI is InChI=1S/C17H17FN2O4/c18-12-4-5-13(15(21)7-12)10-2-1-3-11(6-10)14(8-17(23)24)20-16(22)9-19/h1-7,14,21H,8-9,19H2,(H,20,22)(H,23,24). The van der Waals surface area contributed by atoms with E-state index in [0.717, 1.165) is 6.07 Å². The van der Waals surface area contributed by atoms with E-state index in [0.29, 0.717) is 16.7 Å². The molecule has 2 aromatic carbocycles. The lowest BCUT2D eigenvalue weighted by Crippen LogP contribution is -2.34. The van der Waals surface area contributed by atoms with Gasteiger partial charge in [-0.1, -0.05) is 18.2 Å². The molecule has 0 radical (unpaired) electrons. The summed E-state index contributed by atoms with van der Waals surface area (Å²) in [6.07, 6.45) is -0.315. The van der Waals surface area contributed by atoms with Crippen LogP contribution >= 0.6 is 0 Å². The van der Waals surface area contributed by atoms with E-state index < -0.39 is 23.7 Å². The average molecular weight is 332 g/mol. The number of phenols is 1. The second-order valence-electron chi connectivity index (χ2n) is 5.21. The number of benzene rings is 2. The Morgan fingerprint density at radius 3 is 2.58 bits per heavy atom. The second-order valence-corrected chi connectivity index (χ2v) is 5.21. The Morgan fingerprint density at radius 1 is 1.21 bits per heavy atom. The van der Waals surface area contributed by atoms with Crippen LogP contribution in [-0.2, 0) is 9.59 Å². The van der Waals surface area contributed by atoms with E-state index in [9.17, 15) is 19.1 Å². The first kappa shape index (κ1) is 17.4. The van der Waals surface area contributed by atoms with Gasteiger partial charge in [-0.15, -0.1) is 0 Å². The highest BCUT2D eigenvalue weighted by Gasteiger charge is 2.18. The molecule has 0 fully saturated rings. The van der Waals surface area contributed by atoms with Crippen molar-refractivity contribution in [2.45, 2.75) is 12.5 Å². The summed E-state index contributed by atoms with van der Waals surface area (Å²) in [4.78, 5) is 22.5. The minimum Gasteiger partial charge on any atom is -0.507 e. The molecule has 2 aromatic rings. The molecule has 0 saturated heterocycles. The smallest absolute Gasteiger partial charge is 0.305 e. The van der Waals surface area contributed by atoms with Gasteiger partial charge >= 0.3 is 5.97 Å². The summed E-state index contributed by atoms with van der Waals surface area (Å²) >= 11 is 0. The molecule has 0 aliphatic heterocycles. The van der Waals surface area contributed by atoms with Gasteiger partial charge in [-0.25, -0.2) is 4.39 Å². The van der Waals surface area contributed by atoms with E-state index in [-0.39, 0.29) is 18.7 Å². The molecule has 0 saturated carbocycles. The third-order valence-electron chi connectivity index (χ3n) is 3.46. The Bertz CT molecular complexity index is 764. The quantitative estimate of drug-likeness (QED) is 0.644. The lowest BCUT2D eigenvalue weighted by atomic mass is 9.97. The first-order valence-electron chi connectivity index (χ1n) is 7.20. The maximum Gasteiger partial charge on any atom is 0.305 e. The third-order valence-corrected chi connectivity index (χ3v) is 3.46. The van der Waals surface area contributed by atoms with Gasteiger partial charge in [0.2, 0.25) is 5.91 Å². The summed E-state index contributed by atoms with van der Waals surface area (Å²) in [6, 6.07) is 9.52. The predicted octanol–water partition coefficient (Wildman–Crippen LogP) is 1.79. The van der Waals surface area contributed by atoms with E-state index in [1.54, 1.807) is 24.3 Å². The number of halogens is 1. The number of nitrogens with one attached hydrogen (secondary N) is 1. The van der Waals surface area contributed by atoms with Crippen molar-refractivity contribution < 1.29 is 24.2 Å². The van der Waals surface area contributed by atoms with Crippen molar-refractivity contribution in [2.24, 2.45) is 5.73 Å². The number of hydrogen-bond donors (Lipinski definition) is 4. The number of carbonyl (C=O) groups excluding carboxylic acids is 1. The fourth-order valence-electron chi connectivity index (χ4n) is 2.35. The Morgan fingerprint density at radius 2 is 1.96 bits per heavy atom. The fraction of sp³-hybridized carbons (Fsp3) is 0.176. The molecular formula is C17H17FN2O4. The number of hydrogen-bond acceptors (Lipinski definition) is 4. The summed E-state index contributed by atoms with van der Waals surface area (Å²) in [7, 11) is 0. The van der Waals surface area contributed by atoms with Gasteiger partial charge in [0.05, 0.1) is 19.0 Å². The van der Waals surface area contributed by atoms with Gasteiger partial charge in [-0.05, 0) is 29.3 Å². The molecule has 24 heavy (non-hydrogen) atoms. The van der Waals surface area contributed by atoms with Crippen molar-refractivity contribution >= 4 is 11.9 Å². The highest BCUT2D eigenvalue weighted by atomic mass is 19.1. The summed E-state index contributed by atoms with van der Waals surface area (Å²) < 4.78 is 13.1. The van der Waals surface area contributed by atoms with Crippen LogP contribution in [0.25, 0.3) is 11.1 Å². The molecule has 5 N–H and O–H groups in total. The monoisotopic (exact) mass is 332 g/mol. The van der Waals surface area contributed by atoms with E-state index in [1.165, 1.54) is 12.1 Å². The van der Waals surface area contributed by atoms with Crippen molar-refractivity contribution in [3.05, 3.63) is 53.8 Å². The molecule has 0 spiro atoms. The minimum atomic E-state index is -1.08. The lowest BCUT2D eigenvalue weighted by Gasteiger charge is -2.18. The molecule has 1 unspecified atom stereocenters. The number of rotatable bonds is 6. The van der Waals surface area contributed by atoms with Crippen molar-refractivity contribution in [1.29, 1.82) is 0 Å².